The van der Waals surface area contributed by atoms with Gasteiger partial charge in [0.1, 0.15) is 11.6 Å². The normalized spacial score (nSPS) is 15.3. The molecule has 3 rings (SSSR count). The second kappa shape index (κ2) is 10.9. The lowest BCUT2D eigenvalue weighted by molar-refractivity contribution is -0.394. The summed E-state index contributed by atoms with van der Waals surface area (Å²) in [6, 6.07) is 9.31. The summed E-state index contributed by atoms with van der Waals surface area (Å²) in [5.41, 5.74) is -0.714. The number of nitro benzene ring substituents is 2. The Morgan fingerprint density at radius 2 is 1.97 bits per heavy atom. The summed E-state index contributed by atoms with van der Waals surface area (Å²) in [6.45, 7) is 0.959. The highest BCUT2D eigenvalue weighted by Gasteiger charge is 2.22. The highest BCUT2D eigenvalue weighted by Crippen LogP contribution is 2.38. The Bertz CT molecular complexity index is 1180. The summed E-state index contributed by atoms with van der Waals surface area (Å²) < 4.78 is 16.3. The van der Waals surface area contributed by atoms with Crippen LogP contribution in [0.25, 0.3) is 6.08 Å². The SMILES string of the molecule is COc1cc(/C=C(\C#N)C(=O)NC[C@@H]2CCCO2)ccc1Oc1ccc([N+](=O)[O-])cc1[N+](=O)[O-]. The van der Waals surface area contributed by atoms with E-state index in [0.29, 0.717) is 18.7 Å². The number of nitro groups is 2. The number of ether oxygens (including phenoxy) is 3. The van der Waals surface area contributed by atoms with E-state index in [1.54, 1.807) is 0 Å². The molecule has 1 N–H and O–H groups in total. The fourth-order valence-corrected chi connectivity index (χ4v) is 3.25. The maximum atomic E-state index is 12.3. The maximum Gasteiger partial charge on any atom is 0.318 e. The molecule has 176 valence electrons. The Balaban J connectivity index is 1.81. The predicted molar refractivity (Wildman–Crippen MR) is 118 cm³/mol. The van der Waals surface area contributed by atoms with Crippen LogP contribution in [-0.2, 0) is 9.53 Å². The minimum absolute atomic E-state index is 0.0658. The summed E-state index contributed by atoms with van der Waals surface area (Å²) in [6.07, 6.45) is 3.07. The van der Waals surface area contributed by atoms with Crippen molar-refractivity contribution in [1.82, 2.24) is 5.32 Å². The van der Waals surface area contributed by atoms with Crippen LogP contribution in [0, 0.1) is 31.6 Å². The van der Waals surface area contributed by atoms with Crippen LogP contribution in [0.2, 0.25) is 0 Å². The van der Waals surface area contributed by atoms with Gasteiger partial charge in [-0.25, -0.2) is 0 Å². The van der Waals surface area contributed by atoms with Crippen LogP contribution in [0.5, 0.6) is 17.2 Å². The molecule has 34 heavy (non-hydrogen) atoms. The molecular formula is C22H20N4O8. The lowest BCUT2D eigenvalue weighted by Crippen LogP contribution is -2.32. The van der Waals surface area contributed by atoms with Gasteiger partial charge in [0.2, 0.25) is 5.75 Å². The zero-order valence-electron chi connectivity index (χ0n) is 18.1. The molecule has 12 heteroatoms. The Labute approximate surface area is 193 Å². The first kappa shape index (κ1) is 24.1. The van der Waals surface area contributed by atoms with Crippen molar-refractivity contribution < 1.29 is 28.9 Å². The molecule has 0 bridgehead atoms. The maximum absolute atomic E-state index is 12.3. The van der Waals surface area contributed by atoms with E-state index >= 15 is 0 Å². The molecular weight excluding hydrogens is 448 g/mol. The van der Waals surface area contributed by atoms with Crippen molar-refractivity contribution >= 4 is 23.4 Å². The number of nitrogens with zero attached hydrogens (tertiary/aromatic N) is 3. The first-order chi connectivity index (χ1) is 16.3. The van der Waals surface area contributed by atoms with E-state index in [4.69, 9.17) is 14.2 Å². The van der Waals surface area contributed by atoms with Gasteiger partial charge in [-0.2, -0.15) is 5.26 Å². The molecule has 1 atom stereocenters. The van der Waals surface area contributed by atoms with E-state index in [1.807, 2.05) is 6.07 Å². The van der Waals surface area contributed by atoms with Gasteiger partial charge in [0.15, 0.2) is 11.5 Å². The van der Waals surface area contributed by atoms with Crippen molar-refractivity contribution in [3.05, 3.63) is 67.8 Å². The minimum Gasteiger partial charge on any atom is -0.493 e. The minimum atomic E-state index is -0.791. The number of benzene rings is 2. The lowest BCUT2D eigenvalue weighted by atomic mass is 10.1. The molecule has 0 aromatic heterocycles. The number of nitrogens with one attached hydrogen (secondary N) is 1. The van der Waals surface area contributed by atoms with Gasteiger partial charge in [0.05, 0.1) is 29.1 Å². The van der Waals surface area contributed by atoms with Crippen LogP contribution in [0.4, 0.5) is 11.4 Å². The van der Waals surface area contributed by atoms with Gasteiger partial charge in [-0.1, -0.05) is 6.07 Å². The zero-order chi connectivity index (χ0) is 24.7. The third kappa shape index (κ3) is 5.84. The molecule has 1 aliphatic rings. The number of carbonyl (C=O) groups excluding carboxylic acids is 1. The van der Waals surface area contributed by atoms with Gasteiger partial charge in [0, 0.05) is 19.2 Å². The lowest BCUT2D eigenvalue weighted by Gasteiger charge is -2.12. The fraction of sp³-hybridized carbons (Fsp3) is 0.273. The van der Waals surface area contributed by atoms with Gasteiger partial charge in [-0.05, 0) is 42.7 Å². The molecule has 0 aliphatic carbocycles. The Morgan fingerprint density at radius 1 is 1.21 bits per heavy atom. The highest BCUT2D eigenvalue weighted by atomic mass is 16.6. The van der Waals surface area contributed by atoms with Crippen LogP contribution >= 0.6 is 0 Å². The molecule has 12 nitrogen and oxygen atoms in total. The van der Waals surface area contributed by atoms with Crippen molar-refractivity contribution in [1.29, 1.82) is 5.26 Å². The monoisotopic (exact) mass is 468 g/mol. The average molecular weight is 468 g/mol. The first-order valence-corrected chi connectivity index (χ1v) is 10.1. The van der Waals surface area contributed by atoms with Gasteiger partial charge in [-0.15, -0.1) is 0 Å². The van der Waals surface area contributed by atoms with Crippen LogP contribution in [0.3, 0.4) is 0 Å². The number of rotatable bonds is 9. The number of amides is 1. The van der Waals surface area contributed by atoms with E-state index in [1.165, 1.54) is 31.4 Å². The molecule has 1 fully saturated rings. The summed E-state index contributed by atoms with van der Waals surface area (Å²) in [7, 11) is 1.35. The van der Waals surface area contributed by atoms with E-state index in [2.05, 4.69) is 5.32 Å². The number of hydrogen-bond donors (Lipinski definition) is 1. The summed E-state index contributed by atoms with van der Waals surface area (Å²) in [5, 5.41) is 34.3. The topological polar surface area (TPSA) is 167 Å². The molecule has 1 aliphatic heterocycles. The summed E-state index contributed by atoms with van der Waals surface area (Å²) >= 11 is 0. The van der Waals surface area contributed by atoms with Crippen LogP contribution in [0.1, 0.15) is 18.4 Å². The molecule has 1 saturated heterocycles. The zero-order valence-corrected chi connectivity index (χ0v) is 18.1. The van der Waals surface area contributed by atoms with Crippen molar-refractivity contribution in [2.45, 2.75) is 18.9 Å². The van der Waals surface area contributed by atoms with Crippen molar-refractivity contribution in [2.75, 3.05) is 20.3 Å². The average Bonchev–Trinajstić information content (AvgIpc) is 3.35. The van der Waals surface area contributed by atoms with Crippen LogP contribution in [0.15, 0.2) is 42.0 Å². The van der Waals surface area contributed by atoms with Crippen LogP contribution in [-0.4, -0.2) is 42.1 Å². The molecule has 1 heterocycles. The van der Waals surface area contributed by atoms with Crippen molar-refractivity contribution in [2.24, 2.45) is 0 Å². The molecule has 0 saturated carbocycles. The number of nitriles is 1. The Hall–Kier alpha value is -4.50. The molecule has 1 amide bonds. The standard InChI is InChI=1S/C22H20N4O8/c1-32-21-10-14(9-15(12-23)22(27)24-13-17-3-2-8-33-17)4-6-20(21)34-19-7-5-16(25(28)29)11-18(19)26(30)31/h4-7,9-11,17H,2-3,8,13H2,1H3,(H,24,27)/b15-9+/t17-/m0/s1. The Kier molecular flexibility index (Phi) is 7.73. The van der Waals surface area contributed by atoms with Crippen molar-refractivity contribution in [3.8, 4) is 23.3 Å². The second-order valence-corrected chi connectivity index (χ2v) is 7.19. The number of methoxy groups -OCH3 is 1. The van der Waals surface area contributed by atoms with E-state index in [-0.39, 0.29) is 28.9 Å². The number of carbonyl (C=O) groups is 1. The van der Waals surface area contributed by atoms with Gasteiger partial charge < -0.3 is 19.5 Å². The first-order valence-electron chi connectivity index (χ1n) is 10.1. The summed E-state index contributed by atoms with van der Waals surface area (Å²) in [4.78, 5) is 33.1. The van der Waals surface area contributed by atoms with E-state index in [9.17, 15) is 30.3 Å². The number of hydrogen-bond acceptors (Lipinski definition) is 9. The fourth-order valence-electron chi connectivity index (χ4n) is 3.25. The number of non-ortho nitro benzene ring substituents is 1. The van der Waals surface area contributed by atoms with Gasteiger partial charge in [-0.3, -0.25) is 25.0 Å². The van der Waals surface area contributed by atoms with Crippen LogP contribution < -0.4 is 14.8 Å². The molecule has 2 aromatic rings. The van der Waals surface area contributed by atoms with Gasteiger partial charge in [0.25, 0.3) is 11.6 Å². The molecule has 0 radical (unpaired) electrons. The van der Waals surface area contributed by atoms with E-state index in [0.717, 1.165) is 31.0 Å². The smallest absolute Gasteiger partial charge is 0.318 e. The molecule has 0 spiro atoms. The molecule has 0 unspecified atom stereocenters. The third-order valence-corrected chi connectivity index (χ3v) is 4.95. The van der Waals surface area contributed by atoms with E-state index < -0.39 is 27.1 Å². The Morgan fingerprint density at radius 3 is 2.59 bits per heavy atom. The largest absolute Gasteiger partial charge is 0.493 e. The quantitative estimate of drug-likeness (QED) is 0.251. The highest BCUT2D eigenvalue weighted by molar-refractivity contribution is 6.01. The molecule has 2 aromatic carbocycles. The van der Waals surface area contributed by atoms with Gasteiger partial charge >= 0.3 is 5.69 Å². The third-order valence-electron chi connectivity index (χ3n) is 4.95. The second-order valence-electron chi connectivity index (χ2n) is 7.19. The summed E-state index contributed by atoms with van der Waals surface area (Å²) in [5.74, 6) is -0.501. The predicted octanol–water partition coefficient (Wildman–Crippen LogP) is 3.51. The van der Waals surface area contributed by atoms with Crippen molar-refractivity contribution in [3.63, 3.8) is 0 Å².